The monoisotopic (exact) mass is 449 g/mol. The lowest BCUT2D eigenvalue weighted by atomic mass is 9.88. The Hall–Kier alpha value is -4.83. The Labute approximate surface area is 201 Å². The molecule has 164 valence electrons. The van der Waals surface area contributed by atoms with Crippen LogP contribution in [0.25, 0.3) is 66.6 Å². The maximum absolute atomic E-state index is 5.98. The highest BCUT2D eigenvalue weighted by molar-refractivity contribution is 6.20. The zero-order valence-electron chi connectivity index (χ0n) is 18.7. The van der Waals surface area contributed by atoms with Crippen molar-refractivity contribution in [1.29, 1.82) is 0 Å². The number of nitrogens with zero attached hydrogens (tertiary/aromatic N) is 3. The van der Waals surface area contributed by atoms with E-state index in [2.05, 4.69) is 87.7 Å². The van der Waals surface area contributed by atoms with E-state index in [0.29, 0.717) is 5.89 Å². The number of rotatable bonds is 3. The van der Waals surface area contributed by atoms with Crippen LogP contribution in [0.2, 0.25) is 0 Å². The first-order valence-corrected chi connectivity index (χ1v) is 11.5. The van der Waals surface area contributed by atoms with Crippen LogP contribution in [0.15, 0.2) is 120 Å². The summed E-state index contributed by atoms with van der Waals surface area (Å²) in [6, 6.07) is 35.1. The molecule has 0 aliphatic carbocycles. The molecule has 35 heavy (non-hydrogen) atoms. The maximum atomic E-state index is 5.98. The van der Waals surface area contributed by atoms with Gasteiger partial charge in [-0.15, -0.1) is 0 Å². The van der Waals surface area contributed by atoms with Gasteiger partial charge in [0.1, 0.15) is 5.52 Å². The lowest BCUT2D eigenvalue weighted by molar-refractivity contribution is 0.620. The Morgan fingerprint density at radius 2 is 1.03 bits per heavy atom. The minimum absolute atomic E-state index is 0.629. The normalized spacial score (nSPS) is 11.4. The molecule has 0 spiro atoms. The zero-order valence-corrected chi connectivity index (χ0v) is 18.7. The Morgan fingerprint density at radius 3 is 1.66 bits per heavy atom. The summed E-state index contributed by atoms with van der Waals surface area (Å²) >= 11 is 0. The average molecular weight is 450 g/mol. The van der Waals surface area contributed by atoms with Gasteiger partial charge in [0.05, 0.1) is 0 Å². The summed E-state index contributed by atoms with van der Waals surface area (Å²) in [6.07, 6.45) is 3.59. The number of aromatic nitrogens is 3. The smallest absolute Gasteiger partial charge is 0.227 e. The molecule has 0 aliphatic rings. The summed E-state index contributed by atoms with van der Waals surface area (Å²) in [7, 11) is 0. The van der Waals surface area contributed by atoms with Crippen molar-refractivity contribution in [3.05, 3.63) is 116 Å². The van der Waals surface area contributed by atoms with Crippen molar-refractivity contribution in [2.24, 2.45) is 0 Å². The molecule has 0 radical (unpaired) electrons. The van der Waals surface area contributed by atoms with Gasteiger partial charge in [-0.2, -0.15) is 0 Å². The lowest BCUT2D eigenvalue weighted by Crippen LogP contribution is -1.93. The van der Waals surface area contributed by atoms with E-state index in [1.54, 1.807) is 12.4 Å². The summed E-state index contributed by atoms with van der Waals surface area (Å²) in [6.45, 7) is 0. The first-order valence-electron chi connectivity index (χ1n) is 11.5. The fourth-order valence-corrected chi connectivity index (χ4v) is 4.88. The van der Waals surface area contributed by atoms with Gasteiger partial charge in [0, 0.05) is 23.5 Å². The second-order valence-electron chi connectivity index (χ2n) is 8.48. The Morgan fingerprint density at radius 1 is 0.486 bits per heavy atom. The van der Waals surface area contributed by atoms with Gasteiger partial charge in [0.15, 0.2) is 11.4 Å². The Balaban J connectivity index is 1.46. The van der Waals surface area contributed by atoms with Crippen molar-refractivity contribution < 1.29 is 4.42 Å². The molecular weight excluding hydrogens is 430 g/mol. The predicted molar refractivity (Wildman–Crippen MR) is 141 cm³/mol. The van der Waals surface area contributed by atoms with Gasteiger partial charge in [0.25, 0.3) is 0 Å². The highest BCUT2D eigenvalue weighted by Crippen LogP contribution is 2.42. The molecule has 7 aromatic rings. The number of oxazole rings is 1. The number of para-hydroxylation sites is 2. The Bertz CT molecular complexity index is 1750. The standard InChI is InChI=1S/C31H19N3O/c1-3-10-24-22(8-1)28(23-9-2-4-11-25(23)29(24)30-32-18-7-19-33-30)20-14-16-21(17-15-20)31-34-26-12-5-6-13-27(26)35-31/h1-19H. The third kappa shape index (κ3) is 3.19. The molecular formula is C31H19N3O. The highest BCUT2D eigenvalue weighted by Gasteiger charge is 2.18. The van der Waals surface area contributed by atoms with Gasteiger partial charge in [-0.1, -0.05) is 72.8 Å². The van der Waals surface area contributed by atoms with Gasteiger partial charge in [-0.3, -0.25) is 0 Å². The number of hydrogen-bond donors (Lipinski definition) is 0. The number of fused-ring (bicyclic) bond motifs is 3. The molecule has 4 nitrogen and oxygen atoms in total. The molecule has 0 saturated heterocycles. The van der Waals surface area contributed by atoms with E-state index in [4.69, 9.17) is 4.42 Å². The molecule has 0 bridgehead atoms. The second kappa shape index (κ2) is 7.89. The third-order valence-corrected chi connectivity index (χ3v) is 6.44. The van der Waals surface area contributed by atoms with Crippen LogP contribution < -0.4 is 0 Å². The topological polar surface area (TPSA) is 51.8 Å². The van der Waals surface area contributed by atoms with Crippen LogP contribution in [0.4, 0.5) is 0 Å². The summed E-state index contributed by atoms with van der Waals surface area (Å²) in [4.78, 5) is 13.8. The van der Waals surface area contributed by atoms with Crippen molar-refractivity contribution in [1.82, 2.24) is 15.0 Å². The van der Waals surface area contributed by atoms with Gasteiger partial charge < -0.3 is 4.42 Å². The minimum Gasteiger partial charge on any atom is -0.436 e. The molecule has 5 aromatic carbocycles. The largest absolute Gasteiger partial charge is 0.436 e. The van der Waals surface area contributed by atoms with Crippen LogP contribution in [0.3, 0.4) is 0 Å². The van der Waals surface area contributed by atoms with E-state index < -0.39 is 0 Å². The zero-order chi connectivity index (χ0) is 23.2. The third-order valence-electron chi connectivity index (χ3n) is 6.44. The van der Waals surface area contributed by atoms with E-state index in [1.807, 2.05) is 30.3 Å². The fourth-order valence-electron chi connectivity index (χ4n) is 4.88. The molecule has 2 aromatic heterocycles. The predicted octanol–water partition coefficient (Wildman–Crippen LogP) is 7.93. The summed E-state index contributed by atoms with van der Waals surface area (Å²) in [5.74, 6) is 1.36. The van der Waals surface area contributed by atoms with Crippen LogP contribution in [0, 0.1) is 0 Å². The number of benzene rings is 5. The summed E-state index contributed by atoms with van der Waals surface area (Å²) in [5.41, 5.74) is 6.00. The van der Waals surface area contributed by atoms with Crippen LogP contribution in [-0.4, -0.2) is 15.0 Å². The Kier molecular flexibility index (Phi) is 4.42. The van der Waals surface area contributed by atoms with Crippen molar-refractivity contribution >= 4 is 32.6 Å². The van der Waals surface area contributed by atoms with Crippen molar-refractivity contribution in [2.75, 3.05) is 0 Å². The fraction of sp³-hybridized carbons (Fsp3) is 0. The first-order chi connectivity index (χ1) is 17.4. The van der Waals surface area contributed by atoms with Crippen LogP contribution in [0.1, 0.15) is 0 Å². The average Bonchev–Trinajstić information content (AvgIpc) is 3.37. The molecule has 0 saturated carbocycles. The highest BCUT2D eigenvalue weighted by atomic mass is 16.3. The van der Waals surface area contributed by atoms with Gasteiger partial charge in [-0.05, 0) is 63.0 Å². The van der Waals surface area contributed by atoms with E-state index in [9.17, 15) is 0 Å². The first kappa shape index (κ1) is 19.6. The molecule has 7 rings (SSSR count). The molecule has 4 heteroatoms. The van der Waals surface area contributed by atoms with Crippen molar-refractivity contribution in [2.45, 2.75) is 0 Å². The van der Waals surface area contributed by atoms with Crippen LogP contribution in [0.5, 0.6) is 0 Å². The van der Waals surface area contributed by atoms with Crippen molar-refractivity contribution in [3.8, 4) is 34.0 Å². The molecule has 0 N–H and O–H groups in total. The van der Waals surface area contributed by atoms with E-state index in [0.717, 1.165) is 44.4 Å². The molecule has 2 heterocycles. The SMILES string of the molecule is c1cnc(-c2c3ccccc3c(-c3ccc(-c4nc5ccccc5o4)cc3)c3ccccc23)nc1. The molecule has 0 amide bonds. The molecule has 0 atom stereocenters. The molecule has 0 fully saturated rings. The molecule has 0 unspecified atom stereocenters. The summed E-state index contributed by atoms with van der Waals surface area (Å²) in [5, 5.41) is 4.61. The molecule has 0 aliphatic heterocycles. The maximum Gasteiger partial charge on any atom is 0.227 e. The van der Waals surface area contributed by atoms with Gasteiger partial charge in [0.2, 0.25) is 5.89 Å². The number of hydrogen-bond acceptors (Lipinski definition) is 4. The van der Waals surface area contributed by atoms with Crippen LogP contribution in [-0.2, 0) is 0 Å². The van der Waals surface area contributed by atoms with Crippen LogP contribution >= 0.6 is 0 Å². The van der Waals surface area contributed by atoms with E-state index in [-0.39, 0.29) is 0 Å². The lowest BCUT2D eigenvalue weighted by Gasteiger charge is -2.16. The van der Waals surface area contributed by atoms with E-state index in [1.165, 1.54) is 16.3 Å². The van der Waals surface area contributed by atoms with Gasteiger partial charge in [-0.25, -0.2) is 15.0 Å². The van der Waals surface area contributed by atoms with Gasteiger partial charge >= 0.3 is 0 Å². The minimum atomic E-state index is 0.629. The van der Waals surface area contributed by atoms with Crippen molar-refractivity contribution in [3.63, 3.8) is 0 Å². The quantitative estimate of drug-likeness (QED) is 0.257. The van der Waals surface area contributed by atoms with E-state index >= 15 is 0 Å². The summed E-state index contributed by atoms with van der Waals surface area (Å²) < 4.78 is 5.98. The second-order valence-corrected chi connectivity index (χ2v) is 8.48.